The van der Waals surface area contributed by atoms with Crippen LogP contribution in [-0.4, -0.2) is 8.42 Å². The topological polar surface area (TPSA) is 50.1 Å². The van der Waals surface area contributed by atoms with Gasteiger partial charge in [0.15, 0.2) is 11.9 Å². The summed E-state index contributed by atoms with van der Waals surface area (Å²) < 4.78 is 28.7. The Labute approximate surface area is 113 Å². The number of rotatable bonds is 4. The molecule has 0 amide bonds. The van der Waals surface area contributed by atoms with Gasteiger partial charge in [-0.1, -0.05) is 23.8 Å². The maximum Gasteiger partial charge on any atom is 0.241 e. The Morgan fingerprint density at radius 2 is 1.79 bits per heavy atom. The summed E-state index contributed by atoms with van der Waals surface area (Å²) >= 11 is 0. The first-order valence-corrected chi connectivity index (χ1v) is 7.47. The molecule has 1 aromatic carbocycles. The van der Waals surface area contributed by atoms with Crippen LogP contribution in [0.4, 0.5) is 0 Å². The van der Waals surface area contributed by atoms with E-state index in [-0.39, 0.29) is 11.4 Å². The summed E-state index contributed by atoms with van der Waals surface area (Å²) in [6.45, 7) is 2.20. The fraction of sp³-hybridized carbons (Fsp3) is 0.214. The van der Waals surface area contributed by atoms with Gasteiger partial charge >= 0.3 is 0 Å². The molecule has 1 heterocycles. The van der Waals surface area contributed by atoms with Gasteiger partial charge in [-0.05, 0) is 19.1 Å². The lowest BCUT2D eigenvalue weighted by molar-refractivity contribution is -0.679. The molecule has 0 aliphatic heterocycles. The number of nitrogens with one attached hydrogen (secondary N) is 1. The van der Waals surface area contributed by atoms with Gasteiger partial charge in [0, 0.05) is 12.1 Å². The molecule has 0 radical (unpaired) electrons. The van der Waals surface area contributed by atoms with Crippen molar-refractivity contribution in [1.82, 2.24) is 4.72 Å². The lowest BCUT2D eigenvalue weighted by Gasteiger charge is -2.06. The van der Waals surface area contributed by atoms with Crippen molar-refractivity contribution in [1.29, 1.82) is 0 Å². The van der Waals surface area contributed by atoms with Gasteiger partial charge in [0.2, 0.25) is 10.0 Å². The third-order valence-electron chi connectivity index (χ3n) is 2.94. The predicted molar refractivity (Wildman–Crippen MR) is 72.8 cm³/mol. The van der Waals surface area contributed by atoms with Crippen LogP contribution in [0, 0.1) is 6.92 Å². The molecule has 19 heavy (non-hydrogen) atoms. The number of aryl methyl sites for hydroxylation is 2. The molecule has 0 bridgehead atoms. The van der Waals surface area contributed by atoms with Crippen LogP contribution in [0.15, 0.2) is 53.6 Å². The zero-order valence-corrected chi connectivity index (χ0v) is 11.8. The summed E-state index contributed by atoms with van der Waals surface area (Å²) in [5.41, 5.74) is 1.94. The summed E-state index contributed by atoms with van der Waals surface area (Å²) in [6.07, 6.45) is 1.88. The highest BCUT2D eigenvalue weighted by atomic mass is 32.2. The molecule has 5 heteroatoms. The van der Waals surface area contributed by atoms with Crippen molar-refractivity contribution >= 4 is 10.0 Å². The van der Waals surface area contributed by atoms with Gasteiger partial charge in [-0.3, -0.25) is 0 Å². The van der Waals surface area contributed by atoms with Gasteiger partial charge in [-0.25, -0.2) is 17.7 Å². The molecule has 2 rings (SSSR count). The zero-order valence-electron chi connectivity index (χ0n) is 11.0. The van der Waals surface area contributed by atoms with Crippen LogP contribution in [0.2, 0.25) is 0 Å². The minimum atomic E-state index is -3.46. The maximum absolute atomic E-state index is 12.1. The van der Waals surface area contributed by atoms with Crippen molar-refractivity contribution in [2.75, 3.05) is 0 Å². The van der Waals surface area contributed by atoms with Crippen molar-refractivity contribution in [3.8, 4) is 0 Å². The first-order chi connectivity index (χ1) is 8.99. The molecule has 0 aliphatic rings. The first-order valence-electron chi connectivity index (χ1n) is 5.99. The molecule has 0 unspecified atom stereocenters. The van der Waals surface area contributed by atoms with Crippen LogP contribution in [0.1, 0.15) is 11.3 Å². The third-order valence-corrected chi connectivity index (χ3v) is 4.35. The standard InChI is InChI=1S/C14H17N2O2S/c1-12-6-8-14(9-7-12)19(17,18)15-11-13-5-3-4-10-16(13)2/h3-10,15H,11H2,1-2H3/q+1. The Bertz CT molecular complexity index is 664. The number of hydrogen-bond acceptors (Lipinski definition) is 2. The smallest absolute Gasteiger partial charge is 0.207 e. The fourth-order valence-corrected chi connectivity index (χ4v) is 2.71. The molecule has 0 fully saturated rings. The maximum atomic E-state index is 12.1. The van der Waals surface area contributed by atoms with E-state index in [0.717, 1.165) is 11.3 Å². The summed E-state index contributed by atoms with van der Waals surface area (Å²) in [7, 11) is -1.57. The number of nitrogens with zero attached hydrogens (tertiary/aromatic N) is 1. The minimum absolute atomic E-state index is 0.271. The zero-order chi connectivity index (χ0) is 13.9. The molecule has 0 saturated heterocycles. The van der Waals surface area contributed by atoms with Crippen molar-refractivity contribution in [2.24, 2.45) is 7.05 Å². The SMILES string of the molecule is Cc1ccc(S(=O)(=O)NCc2cccc[n+]2C)cc1. The Morgan fingerprint density at radius 1 is 1.11 bits per heavy atom. The molecule has 1 aromatic heterocycles. The Hall–Kier alpha value is -1.72. The van der Waals surface area contributed by atoms with Gasteiger partial charge in [0.1, 0.15) is 7.05 Å². The van der Waals surface area contributed by atoms with Crippen LogP contribution in [0.25, 0.3) is 0 Å². The number of hydrogen-bond donors (Lipinski definition) is 1. The second-order valence-electron chi connectivity index (χ2n) is 4.44. The number of aromatic nitrogens is 1. The van der Waals surface area contributed by atoms with E-state index in [1.807, 2.05) is 42.9 Å². The van der Waals surface area contributed by atoms with E-state index in [2.05, 4.69) is 4.72 Å². The normalized spacial score (nSPS) is 11.5. The van der Waals surface area contributed by atoms with Crippen molar-refractivity contribution in [2.45, 2.75) is 18.4 Å². The number of pyridine rings is 1. The van der Waals surface area contributed by atoms with E-state index < -0.39 is 10.0 Å². The molecule has 2 aromatic rings. The molecule has 4 nitrogen and oxygen atoms in total. The minimum Gasteiger partial charge on any atom is -0.207 e. The molecule has 100 valence electrons. The van der Waals surface area contributed by atoms with Gasteiger partial charge in [0.05, 0.1) is 11.4 Å². The lowest BCUT2D eigenvalue weighted by atomic mass is 10.2. The average molecular weight is 277 g/mol. The summed E-state index contributed by atoms with van der Waals surface area (Å²) in [5, 5.41) is 0. The largest absolute Gasteiger partial charge is 0.241 e. The van der Waals surface area contributed by atoms with Crippen LogP contribution in [-0.2, 0) is 23.6 Å². The van der Waals surface area contributed by atoms with Crippen molar-refractivity contribution in [3.63, 3.8) is 0 Å². The summed E-state index contributed by atoms with van der Waals surface area (Å²) in [5.74, 6) is 0. The van der Waals surface area contributed by atoms with Crippen LogP contribution in [0.5, 0.6) is 0 Å². The average Bonchev–Trinajstić information content (AvgIpc) is 2.38. The molecule has 0 saturated carbocycles. The van der Waals surface area contributed by atoms with E-state index >= 15 is 0 Å². The highest BCUT2D eigenvalue weighted by Crippen LogP contribution is 2.10. The van der Waals surface area contributed by atoms with Gasteiger partial charge in [0.25, 0.3) is 0 Å². The van der Waals surface area contributed by atoms with E-state index in [1.54, 1.807) is 24.3 Å². The second kappa shape index (κ2) is 5.50. The molecule has 1 N–H and O–H groups in total. The molecular formula is C14H17N2O2S+. The van der Waals surface area contributed by atoms with Gasteiger partial charge < -0.3 is 0 Å². The number of benzene rings is 1. The van der Waals surface area contributed by atoms with Gasteiger partial charge in [-0.15, -0.1) is 0 Å². The highest BCUT2D eigenvalue weighted by Gasteiger charge is 2.15. The van der Waals surface area contributed by atoms with Crippen LogP contribution >= 0.6 is 0 Å². The Balaban J connectivity index is 2.14. The summed E-state index contributed by atoms with van der Waals surface area (Å²) in [6, 6.07) is 12.5. The molecule has 0 atom stereocenters. The quantitative estimate of drug-likeness (QED) is 0.856. The highest BCUT2D eigenvalue weighted by molar-refractivity contribution is 7.89. The van der Waals surface area contributed by atoms with E-state index in [1.165, 1.54) is 0 Å². The monoisotopic (exact) mass is 277 g/mol. The molecule has 0 aliphatic carbocycles. The molecular weight excluding hydrogens is 260 g/mol. The second-order valence-corrected chi connectivity index (χ2v) is 6.21. The first kappa shape index (κ1) is 13.7. The van der Waals surface area contributed by atoms with E-state index in [4.69, 9.17) is 0 Å². The van der Waals surface area contributed by atoms with Gasteiger partial charge in [-0.2, -0.15) is 0 Å². The van der Waals surface area contributed by atoms with E-state index in [0.29, 0.717) is 0 Å². The van der Waals surface area contributed by atoms with Crippen molar-refractivity contribution in [3.05, 3.63) is 59.9 Å². The predicted octanol–water partition coefficient (Wildman–Crippen LogP) is 1.30. The van der Waals surface area contributed by atoms with E-state index in [9.17, 15) is 8.42 Å². The van der Waals surface area contributed by atoms with Crippen LogP contribution < -0.4 is 9.29 Å². The van der Waals surface area contributed by atoms with Crippen molar-refractivity contribution < 1.29 is 13.0 Å². The number of sulfonamides is 1. The van der Waals surface area contributed by atoms with Crippen LogP contribution in [0.3, 0.4) is 0 Å². The Morgan fingerprint density at radius 3 is 2.42 bits per heavy atom. The fourth-order valence-electron chi connectivity index (χ4n) is 1.71. The third kappa shape index (κ3) is 3.39. The summed E-state index contributed by atoms with van der Waals surface area (Å²) in [4.78, 5) is 0.289. The lowest BCUT2D eigenvalue weighted by Crippen LogP contribution is -2.36. The molecule has 0 spiro atoms. The Kier molecular flexibility index (Phi) is 3.97.